The van der Waals surface area contributed by atoms with Crippen molar-refractivity contribution in [2.45, 2.75) is 6.04 Å². The number of hydrogen-bond donors (Lipinski definition) is 1. The lowest BCUT2D eigenvalue weighted by molar-refractivity contribution is 0.288. The lowest BCUT2D eigenvalue weighted by Gasteiger charge is -2.26. The number of anilines is 1. The van der Waals surface area contributed by atoms with Crippen molar-refractivity contribution in [2.75, 3.05) is 11.9 Å². The summed E-state index contributed by atoms with van der Waals surface area (Å²) in [5.74, 6) is 0.949. The lowest BCUT2D eigenvalue weighted by atomic mass is 10.2. The van der Waals surface area contributed by atoms with Crippen LogP contribution in [0.1, 0.15) is 10.9 Å². The Morgan fingerprint density at radius 2 is 2.13 bits per heavy atom. The zero-order chi connectivity index (χ0) is 10.1. The van der Waals surface area contributed by atoms with E-state index in [0.717, 1.165) is 11.4 Å². The summed E-state index contributed by atoms with van der Waals surface area (Å²) in [6, 6.07) is 12.6. The molecule has 1 aromatic heterocycles. The molecule has 1 N–H and O–H groups in total. The second-order valence-corrected chi connectivity index (χ2v) is 4.50. The lowest BCUT2D eigenvalue weighted by Crippen LogP contribution is -2.22. The summed E-state index contributed by atoms with van der Waals surface area (Å²) in [5, 5.41) is 5.58. The monoisotopic (exact) mass is 217 g/mol. The Balaban J connectivity index is 1.89. The van der Waals surface area contributed by atoms with Gasteiger partial charge >= 0.3 is 0 Å². The molecule has 0 bridgehead atoms. The van der Waals surface area contributed by atoms with Crippen LogP contribution in [0.25, 0.3) is 0 Å². The Kier molecular flexibility index (Phi) is 2.10. The third-order valence-electron chi connectivity index (χ3n) is 2.51. The Morgan fingerprint density at radius 3 is 3.00 bits per heavy atom. The van der Waals surface area contributed by atoms with E-state index in [2.05, 4.69) is 28.9 Å². The van der Waals surface area contributed by atoms with E-state index in [-0.39, 0.29) is 0 Å². The van der Waals surface area contributed by atoms with Crippen molar-refractivity contribution in [3.05, 3.63) is 46.7 Å². The molecule has 0 amide bonds. The standard InChI is InChI=1S/C12H11NOS/c1-2-5-11-9(4-1)13-10(8-14-11)12-6-3-7-15-12/h1-7,10,13H,8H2/t10-/m0/s1. The first-order chi connectivity index (χ1) is 7.43. The zero-order valence-corrected chi connectivity index (χ0v) is 8.96. The van der Waals surface area contributed by atoms with Gasteiger partial charge in [0.25, 0.3) is 0 Å². The highest BCUT2D eigenvalue weighted by molar-refractivity contribution is 7.10. The Morgan fingerprint density at radius 1 is 1.20 bits per heavy atom. The number of para-hydroxylation sites is 2. The summed E-state index contributed by atoms with van der Waals surface area (Å²) >= 11 is 1.76. The summed E-state index contributed by atoms with van der Waals surface area (Å²) in [5.41, 5.74) is 1.09. The van der Waals surface area contributed by atoms with Crippen LogP contribution in [0.5, 0.6) is 5.75 Å². The molecule has 1 aliphatic heterocycles. The van der Waals surface area contributed by atoms with Crippen LogP contribution in [0.3, 0.4) is 0 Å². The van der Waals surface area contributed by atoms with Gasteiger partial charge in [0, 0.05) is 4.88 Å². The molecule has 0 aliphatic carbocycles. The summed E-state index contributed by atoms with van der Waals surface area (Å²) < 4.78 is 5.70. The molecule has 3 heteroatoms. The fourth-order valence-corrected chi connectivity index (χ4v) is 2.52. The van der Waals surface area contributed by atoms with Crippen LogP contribution in [0.2, 0.25) is 0 Å². The maximum atomic E-state index is 5.70. The van der Waals surface area contributed by atoms with E-state index in [1.54, 1.807) is 11.3 Å². The Labute approximate surface area is 92.5 Å². The molecule has 1 aliphatic rings. The molecule has 2 aromatic rings. The fourth-order valence-electron chi connectivity index (χ4n) is 1.76. The van der Waals surface area contributed by atoms with E-state index in [1.807, 2.05) is 18.2 Å². The van der Waals surface area contributed by atoms with E-state index in [0.29, 0.717) is 12.6 Å². The maximum Gasteiger partial charge on any atom is 0.142 e. The Bertz CT molecular complexity index is 452. The largest absolute Gasteiger partial charge is 0.489 e. The van der Waals surface area contributed by atoms with Crippen LogP contribution in [-0.2, 0) is 0 Å². The summed E-state index contributed by atoms with van der Waals surface area (Å²) in [6.45, 7) is 0.706. The molecule has 2 nitrogen and oxygen atoms in total. The molecule has 0 unspecified atom stereocenters. The van der Waals surface area contributed by atoms with E-state index < -0.39 is 0 Å². The van der Waals surface area contributed by atoms with Crippen molar-refractivity contribution in [2.24, 2.45) is 0 Å². The van der Waals surface area contributed by atoms with Crippen LogP contribution in [0, 0.1) is 0 Å². The van der Waals surface area contributed by atoms with Crippen molar-refractivity contribution >= 4 is 17.0 Å². The SMILES string of the molecule is c1csc([C@@H]2COc3ccccc3N2)c1. The second kappa shape index (κ2) is 3.59. The van der Waals surface area contributed by atoms with Gasteiger partial charge in [0.05, 0.1) is 11.7 Å². The molecular formula is C12H11NOS. The van der Waals surface area contributed by atoms with Crippen LogP contribution < -0.4 is 10.1 Å². The van der Waals surface area contributed by atoms with Crippen LogP contribution in [0.4, 0.5) is 5.69 Å². The van der Waals surface area contributed by atoms with Crippen molar-refractivity contribution in [3.63, 3.8) is 0 Å². The van der Waals surface area contributed by atoms with Gasteiger partial charge in [0.15, 0.2) is 0 Å². The normalized spacial score (nSPS) is 18.8. The molecular weight excluding hydrogens is 206 g/mol. The van der Waals surface area contributed by atoms with Crippen molar-refractivity contribution < 1.29 is 4.74 Å². The van der Waals surface area contributed by atoms with Gasteiger partial charge in [-0.15, -0.1) is 11.3 Å². The number of rotatable bonds is 1. The molecule has 0 fully saturated rings. The molecule has 0 spiro atoms. The molecule has 15 heavy (non-hydrogen) atoms. The topological polar surface area (TPSA) is 21.3 Å². The van der Waals surface area contributed by atoms with E-state index >= 15 is 0 Å². The zero-order valence-electron chi connectivity index (χ0n) is 8.14. The van der Waals surface area contributed by atoms with Crippen LogP contribution >= 0.6 is 11.3 Å². The highest BCUT2D eigenvalue weighted by Crippen LogP contribution is 2.34. The van der Waals surface area contributed by atoms with Gasteiger partial charge in [-0.1, -0.05) is 18.2 Å². The summed E-state index contributed by atoms with van der Waals surface area (Å²) in [4.78, 5) is 1.32. The molecule has 1 atom stereocenters. The third kappa shape index (κ3) is 1.59. The van der Waals surface area contributed by atoms with Gasteiger partial charge in [-0.3, -0.25) is 0 Å². The first-order valence-corrected chi connectivity index (χ1v) is 5.83. The number of hydrogen-bond acceptors (Lipinski definition) is 3. The third-order valence-corrected chi connectivity index (χ3v) is 3.49. The summed E-state index contributed by atoms with van der Waals surface area (Å²) in [6.07, 6.45) is 0. The Hall–Kier alpha value is -1.48. The smallest absolute Gasteiger partial charge is 0.142 e. The molecule has 0 saturated carbocycles. The molecule has 1 aromatic carbocycles. The second-order valence-electron chi connectivity index (χ2n) is 3.52. The number of ether oxygens (including phenoxy) is 1. The van der Waals surface area contributed by atoms with Crippen molar-refractivity contribution in [1.82, 2.24) is 0 Å². The van der Waals surface area contributed by atoms with Gasteiger partial charge in [-0.2, -0.15) is 0 Å². The number of thiophene rings is 1. The van der Waals surface area contributed by atoms with Crippen LogP contribution in [-0.4, -0.2) is 6.61 Å². The predicted octanol–water partition coefficient (Wildman–Crippen LogP) is 3.29. The van der Waals surface area contributed by atoms with Gasteiger partial charge in [-0.05, 0) is 23.6 Å². The number of nitrogens with one attached hydrogen (secondary N) is 1. The van der Waals surface area contributed by atoms with Crippen molar-refractivity contribution in [1.29, 1.82) is 0 Å². The van der Waals surface area contributed by atoms with Gasteiger partial charge < -0.3 is 10.1 Å². The van der Waals surface area contributed by atoms with Crippen LogP contribution in [0.15, 0.2) is 41.8 Å². The van der Waals surface area contributed by atoms with Crippen molar-refractivity contribution in [3.8, 4) is 5.75 Å². The number of fused-ring (bicyclic) bond motifs is 1. The van der Waals surface area contributed by atoms with E-state index in [9.17, 15) is 0 Å². The minimum Gasteiger partial charge on any atom is -0.489 e. The minimum atomic E-state index is 0.292. The number of benzene rings is 1. The van der Waals surface area contributed by atoms with Gasteiger partial charge in [0.2, 0.25) is 0 Å². The molecule has 0 radical (unpaired) electrons. The quantitative estimate of drug-likeness (QED) is 0.791. The molecule has 2 heterocycles. The molecule has 76 valence electrons. The average Bonchev–Trinajstić information content (AvgIpc) is 2.82. The molecule has 0 saturated heterocycles. The van der Waals surface area contributed by atoms with Gasteiger partial charge in [-0.25, -0.2) is 0 Å². The minimum absolute atomic E-state index is 0.292. The predicted molar refractivity (Wildman–Crippen MR) is 62.6 cm³/mol. The first kappa shape index (κ1) is 8.80. The van der Waals surface area contributed by atoms with Gasteiger partial charge in [0.1, 0.15) is 12.4 Å². The van der Waals surface area contributed by atoms with E-state index in [1.165, 1.54) is 4.88 Å². The highest BCUT2D eigenvalue weighted by Gasteiger charge is 2.20. The molecule has 3 rings (SSSR count). The first-order valence-electron chi connectivity index (χ1n) is 4.95. The van der Waals surface area contributed by atoms with E-state index in [4.69, 9.17) is 4.74 Å². The highest BCUT2D eigenvalue weighted by atomic mass is 32.1. The summed E-state index contributed by atoms with van der Waals surface area (Å²) in [7, 11) is 0. The average molecular weight is 217 g/mol. The maximum absolute atomic E-state index is 5.70. The fraction of sp³-hybridized carbons (Fsp3) is 0.167.